The molecule has 0 unspecified atom stereocenters. The van der Waals surface area contributed by atoms with E-state index in [4.69, 9.17) is 0 Å². The zero-order chi connectivity index (χ0) is 12.2. The Balaban J connectivity index is 2.28. The molecule has 1 rings (SSSR count). The number of nitrogens with one attached hydrogen (secondary N) is 1. The summed E-state index contributed by atoms with van der Waals surface area (Å²) in [5.74, 6) is 0.603. The minimum absolute atomic E-state index is 0.558. The number of likely N-dealkylation sites (tertiary alicyclic amines) is 1. The summed E-state index contributed by atoms with van der Waals surface area (Å²) in [4.78, 5) is 12.8. The maximum atomic E-state index is 11.9. The monoisotopic (exact) mass is 238 g/mol. The lowest BCUT2D eigenvalue weighted by atomic mass is 9.95. The Bertz CT molecular complexity index is 235. The molecule has 0 spiro atoms. The molecule has 0 aromatic carbocycles. The molecule has 3 nitrogen and oxygen atoms in total. The van der Waals surface area contributed by atoms with E-state index in [1.54, 1.807) is 0 Å². The van der Waals surface area contributed by atoms with E-state index in [1.807, 2.05) is 5.32 Å². The van der Waals surface area contributed by atoms with Gasteiger partial charge in [-0.25, -0.2) is 4.79 Å². The van der Waals surface area contributed by atoms with Gasteiger partial charge < -0.3 is 10.2 Å². The molecule has 16 heavy (non-hydrogen) atoms. The van der Waals surface area contributed by atoms with Crippen molar-refractivity contribution in [2.75, 3.05) is 19.6 Å². The van der Waals surface area contributed by atoms with Gasteiger partial charge in [0.2, 0.25) is 0 Å². The van der Waals surface area contributed by atoms with Crippen LogP contribution in [0.4, 0.5) is 18.0 Å². The van der Waals surface area contributed by atoms with Crippen LogP contribution in [-0.2, 0) is 0 Å². The first-order chi connectivity index (χ1) is 7.42. The third-order valence-corrected chi connectivity index (χ3v) is 2.92. The fourth-order valence-electron chi connectivity index (χ4n) is 1.83. The zero-order valence-electron chi connectivity index (χ0n) is 9.31. The van der Waals surface area contributed by atoms with Crippen molar-refractivity contribution >= 4 is 6.03 Å². The van der Waals surface area contributed by atoms with Gasteiger partial charge in [-0.1, -0.05) is 13.3 Å². The van der Waals surface area contributed by atoms with Crippen molar-refractivity contribution in [3.05, 3.63) is 0 Å². The van der Waals surface area contributed by atoms with Crippen molar-refractivity contribution in [2.45, 2.75) is 32.4 Å². The molecule has 1 heterocycles. The maximum absolute atomic E-state index is 11.9. The van der Waals surface area contributed by atoms with Gasteiger partial charge in [-0.15, -0.1) is 0 Å². The fraction of sp³-hybridized carbons (Fsp3) is 0.900. The molecule has 0 saturated carbocycles. The van der Waals surface area contributed by atoms with Gasteiger partial charge in [0.15, 0.2) is 0 Å². The molecule has 0 radical (unpaired) electrons. The molecule has 0 aliphatic carbocycles. The van der Waals surface area contributed by atoms with Crippen LogP contribution in [-0.4, -0.2) is 36.7 Å². The van der Waals surface area contributed by atoms with Crippen LogP contribution in [0.15, 0.2) is 0 Å². The molecule has 2 amide bonds. The van der Waals surface area contributed by atoms with Crippen molar-refractivity contribution in [2.24, 2.45) is 5.92 Å². The van der Waals surface area contributed by atoms with Crippen molar-refractivity contribution in [1.29, 1.82) is 0 Å². The number of halogens is 3. The molecule has 1 saturated heterocycles. The Labute approximate surface area is 93.0 Å². The first-order valence-electron chi connectivity index (χ1n) is 5.52. The maximum Gasteiger partial charge on any atom is 0.405 e. The lowest BCUT2D eigenvalue weighted by Crippen LogP contribution is -2.46. The second-order valence-corrected chi connectivity index (χ2v) is 4.11. The highest BCUT2D eigenvalue weighted by atomic mass is 19.4. The van der Waals surface area contributed by atoms with Crippen LogP contribution < -0.4 is 5.32 Å². The van der Waals surface area contributed by atoms with Crippen LogP contribution in [0.1, 0.15) is 26.2 Å². The number of hydrogen-bond acceptors (Lipinski definition) is 1. The third kappa shape index (κ3) is 4.28. The number of nitrogens with zero attached hydrogens (tertiary/aromatic N) is 1. The van der Waals surface area contributed by atoms with Crippen molar-refractivity contribution in [1.82, 2.24) is 10.2 Å². The zero-order valence-corrected chi connectivity index (χ0v) is 9.31. The van der Waals surface area contributed by atoms with E-state index in [9.17, 15) is 18.0 Å². The third-order valence-electron chi connectivity index (χ3n) is 2.92. The number of alkyl halides is 3. The van der Waals surface area contributed by atoms with Gasteiger partial charge in [-0.05, 0) is 18.8 Å². The topological polar surface area (TPSA) is 32.3 Å². The summed E-state index contributed by atoms with van der Waals surface area (Å²) < 4.78 is 35.6. The molecule has 1 aliphatic rings. The minimum Gasteiger partial charge on any atom is -0.329 e. The Kier molecular flexibility index (Phi) is 4.44. The normalized spacial score (nSPS) is 18.6. The van der Waals surface area contributed by atoms with E-state index in [2.05, 4.69) is 6.92 Å². The summed E-state index contributed by atoms with van der Waals surface area (Å²) in [5, 5.41) is 1.89. The van der Waals surface area contributed by atoms with E-state index in [1.165, 1.54) is 4.90 Å². The molecule has 0 aromatic rings. The molecule has 1 N–H and O–H groups in total. The highest BCUT2D eigenvalue weighted by Gasteiger charge is 2.29. The smallest absolute Gasteiger partial charge is 0.329 e. The Morgan fingerprint density at radius 1 is 1.38 bits per heavy atom. The van der Waals surface area contributed by atoms with Crippen LogP contribution in [0.2, 0.25) is 0 Å². The number of piperidine rings is 1. The lowest BCUT2D eigenvalue weighted by molar-refractivity contribution is -0.123. The highest BCUT2D eigenvalue weighted by molar-refractivity contribution is 5.74. The molecule has 94 valence electrons. The van der Waals surface area contributed by atoms with E-state index in [-0.39, 0.29) is 0 Å². The van der Waals surface area contributed by atoms with E-state index >= 15 is 0 Å². The quantitative estimate of drug-likeness (QED) is 0.787. The van der Waals surface area contributed by atoms with Crippen LogP contribution >= 0.6 is 0 Å². The van der Waals surface area contributed by atoms with Crippen LogP contribution in [0, 0.1) is 5.92 Å². The summed E-state index contributed by atoms with van der Waals surface area (Å²) in [6, 6.07) is -0.605. The lowest BCUT2D eigenvalue weighted by Gasteiger charge is -2.31. The van der Waals surface area contributed by atoms with Gasteiger partial charge in [-0.2, -0.15) is 13.2 Å². The Hall–Kier alpha value is -0.940. The average molecular weight is 238 g/mol. The Morgan fingerprint density at radius 3 is 2.38 bits per heavy atom. The van der Waals surface area contributed by atoms with Gasteiger partial charge in [0.05, 0.1) is 0 Å². The SMILES string of the molecule is CCC1CCN(C(=O)NCC(F)(F)F)CC1. The molecule has 0 atom stereocenters. The number of hydrogen-bond donors (Lipinski definition) is 1. The summed E-state index contributed by atoms with van der Waals surface area (Å²) in [7, 11) is 0. The summed E-state index contributed by atoms with van der Waals surface area (Å²) in [5.41, 5.74) is 0. The highest BCUT2D eigenvalue weighted by Crippen LogP contribution is 2.20. The number of carbonyl (C=O) groups is 1. The summed E-state index contributed by atoms with van der Waals surface area (Å²) in [6.07, 6.45) is -1.50. The fourth-order valence-corrected chi connectivity index (χ4v) is 1.83. The molecular formula is C10H17F3N2O. The number of amides is 2. The van der Waals surface area contributed by atoms with Gasteiger partial charge >= 0.3 is 12.2 Å². The molecule has 1 fully saturated rings. The molecule has 6 heteroatoms. The van der Waals surface area contributed by atoms with Crippen LogP contribution in [0.5, 0.6) is 0 Å². The molecule has 0 aromatic heterocycles. The number of rotatable bonds is 2. The van der Waals surface area contributed by atoms with Crippen molar-refractivity contribution in [3.63, 3.8) is 0 Å². The predicted molar refractivity (Wildman–Crippen MR) is 54.0 cm³/mol. The van der Waals surface area contributed by atoms with E-state index < -0.39 is 18.8 Å². The molecular weight excluding hydrogens is 221 g/mol. The second-order valence-electron chi connectivity index (χ2n) is 4.11. The number of urea groups is 1. The van der Waals surface area contributed by atoms with E-state index in [0.717, 1.165) is 19.3 Å². The Morgan fingerprint density at radius 2 is 1.94 bits per heavy atom. The minimum atomic E-state index is -4.34. The van der Waals surface area contributed by atoms with E-state index in [0.29, 0.717) is 19.0 Å². The molecule has 0 bridgehead atoms. The number of carbonyl (C=O) groups excluding carboxylic acids is 1. The van der Waals surface area contributed by atoms with Crippen molar-refractivity contribution in [3.8, 4) is 0 Å². The summed E-state index contributed by atoms with van der Waals surface area (Å²) in [6.45, 7) is 1.95. The van der Waals surface area contributed by atoms with Crippen LogP contribution in [0.25, 0.3) is 0 Å². The van der Waals surface area contributed by atoms with Gasteiger partial charge in [0.25, 0.3) is 0 Å². The van der Waals surface area contributed by atoms with Gasteiger partial charge in [-0.3, -0.25) is 0 Å². The van der Waals surface area contributed by atoms with Crippen LogP contribution in [0.3, 0.4) is 0 Å². The largest absolute Gasteiger partial charge is 0.405 e. The van der Waals surface area contributed by atoms with Crippen molar-refractivity contribution < 1.29 is 18.0 Å². The first kappa shape index (κ1) is 13.1. The average Bonchev–Trinajstić information content (AvgIpc) is 2.25. The van der Waals surface area contributed by atoms with Gasteiger partial charge in [0.1, 0.15) is 6.54 Å². The first-order valence-corrected chi connectivity index (χ1v) is 5.52. The molecule has 1 aliphatic heterocycles. The standard InChI is InChI=1S/C10H17F3N2O/c1-2-8-3-5-15(6-4-8)9(16)14-7-10(11,12)13/h8H,2-7H2,1H3,(H,14,16). The summed E-state index contributed by atoms with van der Waals surface area (Å²) >= 11 is 0. The predicted octanol–water partition coefficient (Wildman–Crippen LogP) is 2.38. The van der Waals surface area contributed by atoms with Gasteiger partial charge in [0, 0.05) is 13.1 Å². The second kappa shape index (κ2) is 5.41.